The number of amides is 1. The van der Waals surface area contributed by atoms with Gasteiger partial charge >= 0.3 is 6.61 Å². The number of hydrogen-bond acceptors (Lipinski definition) is 5. The molecule has 2 aromatic rings. The number of carbonyl (C=O) groups is 1. The summed E-state index contributed by atoms with van der Waals surface area (Å²) < 4.78 is 28.9. The van der Waals surface area contributed by atoms with E-state index < -0.39 is 12.5 Å². The van der Waals surface area contributed by atoms with E-state index in [1.807, 2.05) is 6.07 Å². The van der Waals surface area contributed by atoms with Gasteiger partial charge in [0.1, 0.15) is 11.6 Å². The van der Waals surface area contributed by atoms with Crippen LogP contribution in [0.3, 0.4) is 0 Å². The van der Waals surface area contributed by atoms with Gasteiger partial charge in [0.15, 0.2) is 0 Å². The topological polar surface area (TPSA) is 57.7 Å². The molecule has 26 heavy (non-hydrogen) atoms. The van der Waals surface area contributed by atoms with Crippen LogP contribution in [-0.2, 0) is 0 Å². The van der Waals surface area contributed by atoms with Crippen molar-refractivity contribution in [2.45, 2.75) is 6.61 Å². The summed E-state index contributed by atoms with van der Waals surface area (Å²) in [5.74, 6) is 0.387. The van der Waals surface area contributed by atoms with Crippen molar-refractivity contribution in [1.29, 1.82) is 0 Å². The number of anilines is 2. The highest BCUT2D eigenvalue weighted by atomic mass is 19.3. The number of rotatable bonds is 5. The van der Waals surface area contributed by atoms with Crippen LogP contribution >= 0.6 is 0 Å². The van der Waals surface area contributed by atoms with Gasteiger partial charge in [-0.2, -0.15) is 8.78 Å². The fraction of sp³-hybridized carbons (Fsp3) is 0.333. The lowest BCUT2D eigenvalue weighted by Gasteiger charge is -2.33. The van der Waals surface area contributed by atoms with Gasteiger partial charge in [-0.3, -0.25) is 4.79 Å². The molecule has 3 rings (SSSR count). The van der Waals surface area contributed by atoms with Crippen molar-refractivity contribution in [2.75, 3.05) is 43.4 Å². The van der Waals surface area contributed by atoms with Crippen LogP contribution in [-0.4, -0.2) is 55.6 Å². The van der Waals surface area contributed by atoms with Crippen molar-refractivity contribution in [3.8, 4) is 5.75 Å². The highest BCUT2D eigenvalue weighted by molar-refractivity contribution is 6.04. The summed E-state index contributed by atoms with van der Waals surface area (Å²) in [6, 6.07) is 9.29. The maximum atomic E-state index is 12.3. The zero-order valence-corrected chi connectivity index (χ0v) is 14.4. The first-order chi connectivity index (χ1) is 12.5. The van der Waals surface area contributed by atoms with E-state index in [2.05, 4.69) is 31.9 Å². The number of likely N-dealkylation sites (N-methyl/N-ethyl adjacent to an activating group) is 1. The lowest BCUT2D eigenvalue weighted by molar-refractivity contribution is -0.0498. The molecule has 1 aliphatic rings. The molecule has 1 fully saturated rings. The second kappa shape index (κ2) is 8.09. The summed E-state index contributed by atoms with van der Waals surface area (Å²) in [7, 11) is 2.09. The lowest BCUT2D eigenvalue weighted by atomic mass is 10.2. The van der Waals surface area contributed by atoms with Crippen molar-refractivity contribution in [3.63, 3.8) is 0 Å². The van der Waals surface area contributed by atoms with E-state index >= 15 is 0 Å². The first-order valence-electron chi connectivity index (χ1n) is 8.27. The number of nitrogens with one attached hydrogen (secondary N) is 1. The average molecular weight is 362 g/mol. The number of piperazine rings is 1. The fourth-order valence-corrected chi connectivity index (χ4v) is 2.70. The third kappa shape index (κ3) is 4.66. The van der Waals surface area contributed by atoms with Crippen LogP contribution in [0.25, 0.3) is 0 Å². The van der Waals surface area contributed by atoms with Gasteiger partial charge < -0.3 is 19.9 Å². The molecule has 8 heteroatoms. The Morgan fingerprint density at radius 1 is 1.19 bits per heavy atom. The van der Waals surface area contributed by atoms with Crippen LogP contribution in [0, 0.1) is 0 Å². The highest BCUT2D eigenvalue weighted by Gasteiger charge is 2.15. The van der Waals surface area contributed by atoms with Crippen LogP contribution < -0.4 is 15.0 Å². The molecule has 138 valence electrons. The van der Waals surface area contributed by atoms with Gasteiger partial charge in [-0.05, 0) is 37.4 Å². The zero-order chi connectivity index (χ0) is 18.5. The van der Waals surface area contributed by atoms with E-state index in [0.29, 0.717) is 5.69 Å². The number of alkyl halides is 2. The van der Waals surface area contributed by atoms with Crippen molar-refractivity contribution in [2.24, 2.45) is 0 Å². The summed E-state index contributed by atoms with van der Waals surface area (Å²) in [6.45, 7) is 0.853. The zero-order valence-electron chi connectivity index (χ0n) is 14.4. The average Bonchev–Trinajstić information content (AvgIpc) is 2.63. The molecular formula is C18H20F2N4O2. The Morgan fingerprint density at radius 3 is 2.62 bits per heavy atom. The summed E-state index contributed by atoms with van der Waals surface area (Å²) >= 11 is 0. The quantitative estimate of drug-likeness (QED) is 0.886. The number of carbonyl (C=O) groups excluding carboxylic acids is 1. The molecule has 1 aromatic carbocycles. The molecule has 1 amide bonds. The van der Waals surface area contributed by atoms with E-state index in [0.717, 1.165) is 32.0 Å². The molecule has 0 aliphatic carbocycles. The minimum Gasteiger partial charge on any atom is -0.435 e. The number of aromatic nitrogens is 1. The maximum absolute atomic E-state index is 12.3. The van der Waals surface area contributed by atoms with E-state index in [9.17, 15) is 13.6 Å². The van der Waals surface area contributed by atoms with Gasteiger partial charge in [0, 0.05) is 31.7 Å². The number of halogens is 2. The third-order valence-electron chi connectivity index (χ3n) is 4.15. The maximum Gasteiger partial charge on any atom is 0.387 e. The van der Waals surface area contributed by atoms with Crippen molar-refractivity contribution >= 4 is 17.4 Å². The number of ether oxygens (including phenoxy) is 1. The standard InChI is InChI=1S/C18H20F2N4O2/c1-23-7-9-24(10-8-23)16-6-5-14(12-21-16)22-17(25)13-3-2-4-15(11-13)26-18(19)20/h2-6,11-12,18H,7-10H2,1H3,(H,22,25). The second-order valence-corrected chi connectivity index (χ2v) is 6.06. The van der Waals surface area contributed by atoms with Crippen LogP contribution in [0.1, 0.15) is 10.4 Å². The predicted octanol–water partition coefficient (Wildman–Crippen LogP) is 2.69. The Bertz CT molecular complexity index is 747. The first-order valence-corrected chi connectivity index (χ1v) is 8.27. The van der Waals surface area contributed by atoms with Crippen molar-refractivity contribution < 1.29 is 18.3 Å². The molecular weight excluding hydrogens is 342 g/mol. The van der Waals surface area contributed by atoms with Crippen LogP contribution in [0.4, 0.5) is 20.3 Å². The number of pyridine rings is 1. The molecule has 2 heterocycles. The van der Waals surface area contributed by atoms with Gasteiger partial charge in [-0.15, -0.1) is 0 Å². The summed E-state index contributed by atoms with van der Waals surface area (Å²) in [5.41, 5.74) is 0.763. The van der Waals surface area contributed by atoms with Gasteiger partial charge in [0.25, 0.3) is 5.91 Å². The van der Waals surface area contributed by atoms with Crippen LogP contribution in [0.2, 0.25) is 0 Å². The Morgan fingerprint density at radius 2 is 1.96 bits per heavy atom. The molecule has 0 saturated carbocycles. The van der Waals surface area contributed by atoms with Gasteiger partial charge in [0.2, 0.25) is 0 Å². The van der Waals surface area contributed by atoms with E-state index in [-0.39, 0.29) is 11.3 Å². The number of hydrogen-bond donors (Lipinski definition) is 1. The largest absolute Gasteiger partial charge is 0.435 e. The SMILES string of the molecule is CN1CCN(c2ccc(NC(=O)c3cccc(OC(F)F)c3)cn2)CC1. The normalized spacial score (nSPS) is 15.2. The lowest BCUT2D eigenvalue weighted by Crippen LogP contribution is -2.44. The molecule has 0 atom stereocenters. The molecule has 0 bridgehead atoms. The molecule has 1 aromatic heterocycles. The Kier molecular flexibility index (Phi) is 5.62. The number of benzene rings is 1. The molecule has 1 aliphatic heterocycles. The molecule has 0 spiro atoms. The molecule has 0 radical (unpaired) electrons. The minimum atomic E-state index is -2.93. The van der Waals surface area contributed by atoms with Gasteiger partial charge in [0.05, 0.1) is 11.9 Å². The molecule has 1 N–H and O–H groups in total. The van der Waals surface area contributed by atoms with Crippen molar-refractivity contribution in [1.82, 2.24) is 9.88 Å². The fourth-order valence-electron chi connectivity index (χ4n) is 2.70. The highest BCUT2D eigenvalue weighted by Crippen LogP contribution is 2.19. The number of nitrogens with zero attached hydrogens (tertiary/aromatic N) is 3. The van der Waals surface area contributed by atoms with E-state index in [1.165, 1.54) is 24.3 Å². The monoisotopic (exact) mass is 362 g/mol. The minimum absolute atomic E-state index is 0.0591. The molecule has 1 saturated heterocycles. The molecule has 0 unspecified atom stereocenters. The third-order valence-corrected chi connectivity index (χ3v) is 4.15. The van der Waals surface area contributed by atoms with Crippen molar-refractivity contribution in [3.05, 3.63) is 48.2 Å². The summed E-state index contributed by atoms with van der Waals surface area (Å²) in [6.07, 6.45) is 1.59. The summed E-state index contributed by atoms with van der Waals surface area (Å²) in [5, 5.41) is 2.70. The van der Waals surface area contributed by atoms with E-state index in [4.69, 9.17) is 0 Å². The van der Waals surface area contributed by atoms with E-state index in [1.54, 1.807) is 12.3 Å². The first kappa shape index (κ1) is 18.1. The summed E-state index contributed by atoms with van der Waals surface area (Å²) in [4.78, 5) is 21.1. The Balaban J connectivity index is 1.63. The smallest absolute Gasteiger partial charge is 0.387 e. The Labute approximate surface area is 150 Å². The van der Waals surface area contributed by atoms with Crippen LogP contribution in [0.15, 0.2) is 42.6 Å². The van der Waals surface area contributed by atoms with Gasteiger partial charge in [-0.25, -0.2) is 4.98 Å². The molecule has 6 nitrogen and oxygen atoms in total. The second-order valence-electron chi connectivity index (χ2n) is 6.06. The van der Waals surface area contributed by atoms with Gasteiger partial charge in [-0.1, -0.05) is 6.07 Å². The Hall–Kier alpha value is -2.74. The van der Waals surface area contributed by atoms with Crippen LogP contribution in [0.5, 0.6) is 5.75 Å². The predicted molar refractivity (Wildman–Crippen MR) is 95.0 cm³/mol.